The Kier molecular flexibility index (Phi) is 4.10. The first-order valence-corrected chi connectivity index (χ1v) is 8.37. The minimum absolute atomic E-state index is 0.100. The highest BCUT2D eigenvalue weighted by Gasteiger charge is 2.27. The number of aromatic nitrogens is 1. The molecule has 2 aromatic heterocycles. The Morgan fingerprint density at radius 2 is 2.24 bits per heavy atom. The van der Waals surface area contributed by atoms with Crippen LogP contribution in [0.15, 0.2) is 53.0 Å². The molecule has 0 aliphatic carbocycles. The highest BCUT2D eigenvalue weighted by molar-refractivity contribution is 7.22. The summed E-state index contributed by atoms with van der Waals surface area (Å²) in [6.45, 7) is 0.876. The molecule has 0 radical (unpaired) electrons. The maximum absolute atomic E-state index is 13.4. The van der Waals surface area contributed by atoms with E-state index in [0.29, 0.717) is 34.3 Å². The summed E-state index contributed by atoms with van der Waals surface area (Å²) >= 11 is 1.22. The molecular weight excluding hydrogens is 347 g/mol. The Morgan fingerprint density at radius 3 is 3.00 bits per heavy atom. The molecule has 1 aromatic carbocycles. The van der Waals surface area contributed by atoms with Crippen molar-refractivity contribution in [3.63, 3.8) is 0 Å². The van der Waals surface area contributed by atoms with Gasteiger partial charge in [-0.3, -0.25) is 9.69 Å². The second-order valence-electron chi connectivity index (χ2n) is 5.28. The van der Waals surface area contributed by atoms with Gasteiger partial charge in [-0.15, -0.1) is 0 Å². The van der Waals surface area contributed by atoms with E-state index in [-0.39, 0.29) is 18.1 Å². The van der Waals surface area contributed by atoms with E-state index in [4.69, 9.17) is 13.9 Å². The van der Waals surface area contributed by atoms with Crippen LogP contribution in [0, 0.1) is 5.82 Å². The predicted molar refractivity (Wildman–Crippen MR) is 89.5 cm³/mol. The van der Waals surface area contributed by atoms with Crippen molar-refractivity contribution in [2.45, 2.75) is 6.54 Å². The lowest BCUT2D eigenvalue weighted by Crippen LogP contribution is -2.33. The summed E-state index contributed by atoms with van der Waals surface area (Å²) in [7, 11) is 0. The lowest BCUT2D eigenvalue weighted by atomic mass is 10.3. The molecule has 0 N–H and O–H groups in total. The van der Waals surface area contributed by atoms with Crippen LogP contribution in [0.5, 0.6) is 0 Å². The lowest BCUT2D eigenvalue weighted by molar-refractivity contribution is -0.120. The van der Waals surface area contributed by atoms with Crippen LogP contribution in [0.2, 0.25) is 0 Å². The number of carbonyl (C=O) groups excluding carboxylic acids is 1. The number of furan rings is 1. The Morgan fingerprint density at radius 1 is 1.32 bits per heavy atom. The molecule has 0 spiro atoms. The molecule has 0 atom stereocenters. The lowest BCUT2D eigenvalue weighted by Gasteiger charge is -2.22. The molecule has 0 bridgehead atoms. The molecule has 1 amide bonds. The van der Waals surface area contributed by atoms with Crippen molar-refractivity contribution in [1.29, 1.82) is 0 Å². The number of carbonyl (C=O) groups is 1. The molecule has 0 saturated heterocycles. The van der Waals surface area contributed by atoms with Gasteiger partial charge in [0.05, 0.1) is 23.0 Å². The molecule has 0 saturated carbocycles. The van der Waals surface area contributed by atoms with Crippen molar-refractivity contribution >= 4 is 32.6 Å². The van der Waals surface area contributed by atoms with Gasteiger partial charge in [-0.1, -0.05) is 11.3 Å². The van der Waals surface area contributed by atoms with E-state index in [1.54, 1.807) is 18.2 Å². The molecule has 3 heterocycles. The van der Waals surface area contributed by atoms with Crippen LogP contribution < -0.4 is 4.90 Å². The zero-order valence-electron chi connectivity index (χ0n) is 13.0. The molecule has 0 unspecified atom stereocenters. The van der Waals surface area contributed by atoms with Gasteiger partial charge in [-0.2, -0.15) is 0 Å². The number of hydrogen-bond donors (Lipinski definition) is 0. The van der Waals surface area contributed by atoms with Crippen LogP contribution in [-0.4, -0.2) is 24.1 Å². The van der Waals surface area contributed by atoms with Crippen molar-refractivity contribution in [2.24, 2.45) is 0 Å². The second-order valence-corrected chi connectivity index (χ2v) is 6.29. The first kappa shape index (κ1) is 15.6. The summed E-state index contributed by atoms with van der Waals surface area (Å²) in [5.41, 5.74) is 0.619. The first-order valence-electron chi connectivity index (χ1n) is 7.55. The van der Waals surface area contributed by atoms with Gasteiger partial charge >= 0.3 is 0 Å². The molecule has 8 heteroatoms. The molecule has 25 heavy (non-hydrogen) atoms. The highest BCUT2D eigenvalue weighted by Crippen LogP contribution is 2.31. The van der Waals surface area contributed by atoms with E-state index >= 15 is 0 Å². The van der Waals surface area contributed by atoms with Crippen molar-refractivity contribution in [3.05, 3.63) is 60.2 Å². The summed E-state index contributed by atoms with van der Waals surface area (Å²) in [6.07, 6.45) is 2.83. The Balaban J connectivity index is 1.72. The summed E-state index contributed by atoms with van der Waals surface area (Å²) < 4.78 is 30.0. The highest BCUT2D eigenvalue weighted by atomic mass is 32.1. The predicted octanol–water partition coefficient (Wildman–Crippen LogP) is 3.45. The maximum atomic E-state index is 13.4. The third-order valence-corrected chi connectivity index (χ3v) is 4.61. The fourth-order valence-corrected chi connectivity index (χ4v) is 3.39. The van der Waals surface area contributed by atoms with Gasteiger partial charge in [0.1, 0.15) is 31.1 Å². The van der Waals surface area contributed by atoms with Crippen LogP contribution in [0.3, 0.4) is 0 Å². The smallest absolute Gasteiger partial charge is 0.298 e. The molecule has 1 aliphatic heterocycles. The summed E-state index contributed by atoms with van der Waals surface area (Å²) in [6, 6.07) is 7.82. The minimum Gasteiger partial charge on any atom is -0.494 e. The number of halogens is 1. The van der Waals surface area contributed by atoms with Crippen molar-refractivity contribution < 1.29 is 23.1 Å². The number of ether oxygens (including phenoxy) is 2. The van der Waals surface area contributed by atoms with Crippen molar-refractivity contribution in [2.75, 3.05) is 18.1 Å². The normalized spacial score (nSPS) is 13.9. The number of amides is 1. The Hall–Kier alpha value is -2.87. The van der Waals surface area contributed by atoms with E-state index in [9.17, 15) is 9.18 Å². The Bertz CT molecular complexity index is 935. The number of hydrogen-bond acceptors (Lipinski definition) is 6. The molecule has 3 aromatic rings. The van der Waals surface area contributed by atoms with Gasteiger partial charge in [0.2, 0.25) is 5.76 Å². The molecule has 128 valence electrons. The van der Waals surface area contributed by atoms with E-state index in [1.165, 1.54) is 40.9 Å². The molecule has 6 nitrogen and oxygen atoms in total. The molecule has 1 aliphatic rings. The number of fused-ring (bicyclic) bond motifs is 1. The summed E-state index contributed by atoms with van der Waals surface area (Å²) in [5.74, 6) is -0.0479. The fraction of sp³-hybridized carbons (Fsp3) is 0.176. The van der Waals surface area contributed by atoms with Gasteiger partial charge < -0.3 is 13.9 Å². The molecule has 0 fully saturated rings. The number of nitrogens with zero attached hydrogens (tertiary/aromatic N) is 2. The average Bonchev–Trinajstić information content (AvgIpc) is 3.28. The van der Waals surface area contributed by atoms with Gasteiger partial charge in [-0.05, 0) is 30.3 Å². The van der Waals surface area contributed by atoms with Gasteiger partial charge in [-0.25, -0.2) is 9.37 Å². The number of anilines is 1. The zero-order valence-corrected chi connectivity index (χ0v) is 13.8. The van der Waals surface area contributed by atoms with Gasteiger partial charge in [0.25, 0.3) is 5.91 Å². The third kappa shape index (κ3) is 3.20. The maximum Gasteiger partial charge on any atom is 0.298 e. The van der Waals surface area contributed by atoms with Crippen LogP contribution in [0.4, 0.5) is 9.52 Å². The molecule has 4 rings (SSSR count). The van der Waals surface area contributed by atoms with Crippen LogP contribution in [0.25, 0.3) is 10.2 Å². The van der Waals surface area contributed by atoms with Gasteiger partial charge in [0, 0.05) is 0 Å². The van der Waals surface area contributed by atoms with E-state index in [2.05, 4.69) is 4.98 Å². The Labute approximate surface area is 146 Å². The first-order chi connectivity index (χ1) is 12.2. The summed E-state index contributed by atoms with van der Waals surface area (Å²) in [5, 5.41) is 0.428. The number of thiazole rings is 1. The van der Waals surface area contributed by atoms with Gasteiger partial charge in [0.15, 0.2) is 5.13 Å². The monoisotopic (exact) mass is 360 g/mol. The third-order valence-electron chi connectivity index (χ3n) is 3.57. The van der Waals surface area contributed by atoms with Crippen LogP contribution in [-0.2, 0) is 20.8 Å². The molecular formula is C17H13FN2O4S. The summed E-state index contributed by atoms with van der Waals surface area (Å²) in [4.78, 5) is 18.7. The SMILES string of the molecule is O=C(C1=COCCO1)N(Cc1ccco1)c1nc2ccc(F)cc2s1. The van der Waals surface area contributed by atoms with Crippen LogP contribution in [0.1, 0.15) is 5.76 Å². The van der Waals surface area contributed by atoms with Crippen molar-refractivity contribution in [1.82, 2.24) is 4.98 Å². The standard InChI is InChI=1S/C17H13FN2O4S/c18-11-3-4-13-15(8-11)25-17(19-13)20(9-12-2-1-5-23-12)16(21)14-10-22-6-7-24-14/h1-5,8,10H,6-7,9H2. The van der Waals surface area contributed by atoms with E-state index < -0.39 is 5.91 Å². The topological polar surface area (TPSA) is 64.8 Å². The number of benzene rings is 1. The zero-order chi connectivity index (χ0) is 17.2. The minimum atomic E-state index is -0.393. The van der Waals surface area contributed by atoms with Crippen LogP contribution >= 0.6 is 11.3 Å². The average molecular weight is 360 g/mol. The second kappa shape index (κ2) is 6.56. The van der Waals surface area contributed by atoms with E-state index in [0.717, 1.165) is 0 Å². The fourth-order valence-electron chi connectivity index (χ4n) is 2.40. The quantitative estimate of drug-likeness (QED) is 0.713. The largest absolute Gasteiger partial charge is 0.494 e. The number of rotatable bonds is 4. The van der Waals surface area contributed by atoms with Crippen molar-refractivity contribution in [3.8, 4) is 0 Å². The van der Waals surface area contributed by atoms with E-state index in [1.807, 2.05) is 0 Å².